The third-order valence-corrected chi connectivity index (χ3v) is 3.35. The van der Waals surface area contributed by atoms with Crippen LogP contribution in [0.4, 0.5) is 4.39 Å². The topological polar surface area (TPSA) is 72.8 Å². The largest absolute Gasteiger partial charge is 0.463 e. The normalized spacial score (nSPS) is 37.1. The Kier molecular flexibility index (Phi) is 3.64. The number of hydrogen-bond donors (Lipinski definition) is 1. The van der Waals surface area contributed by atoms with Gasteiger partial charge in [0.2, 0.25) is 5.91 Å². The number of ether oxygens (including phenoxy) is 1. The van der Waals surface area contributed by atoms with E-state index in [2.05, 4.69) is 9.26 Å². The average Bonchev–Trinajstić information content (AvgIpc) is 2.37. The quantitative estimate of drug-likeness (QED) is 0.578. The molecule has 1 fully saturated rings. The fraction of sp³-hybridized carbons (Fsp3) is 0.857. The van der Waals surface area contributed by atoms with Crippen LogP contribution in [-0.4, -0.2) is 29.5 Å². The molecular weight excluding hydrogens is 214 g/mol. The Morgan fingerprint density at radius 3 is 2.86 bits per heavy atom. The van der Waals surface area contributed by atoms with Gasteiger partial charge in [0, 0.05) is 12.8 Å². The maximum atomic E-state index is 12.8. The van der Waals surface area contributed by atoms with Crippen LogP contribution in [0, 0.1) is 0 Å². The Balaban J connectivity index is 2.36. The molecule has 0 aromatic carbocycles. The average molecular weight is 226 g/mol. The minimum absolute atomic E-state index is 0.169. The molecule has 0 aromatic rings. The van der Waals surface area contributed by atoms with Gasteiger partial charge < -0.3 is 9.63 Å². The molecule has 1 aliphatic rings. The van der Waals surface area contributed by atoms with Crippen LogP contribution in [0.5, 0.6) is 0 Å². The predicted octanol–water partition coefficient (Wildman–Crippen LogP) is 1.21. The second kappa shape index (κ2) is 4.38. The smallest absolute Gasteiger partial charge is 0.362 e. The van der Waals surface area contributed by atoms with E-state index in [0.717, 1.165) is 0 Å². The number of carbonyl (C=O) groups is 1. The minimum Gasteiger partial charge on any atom is -0.463 e. The van der Waals surface area contributed by atoms with Crippen molar-refractivity contribution in [3.05, 3.63) is 0 Å². The van der Waals surface area contributed by atoms with Gasteiger partial charge in [0.05, 0.1) is 0 Å². The van der Waals surface area contributed by atoms with Gasteiger partial charge in [0.25, 0.3) is 0 Å². The summed E-state index contributed by atoms with van der Waals surface area (Å²) in [4.78, 5) is 19.6. The molecular formula is C7H12FO5P. The highest BCUT2D eigenvalue weighted by Gasteiger charge is 2.44. The standard InChI is InChI=1S/C7H12FO5P/c1-2-7(9)12-4-5-3-6(8)14(10,11)13-5/h5-6H,2-4H2,1H3,(H,10,11)/t5-,6?/m0/s1. The fourth-order valence-corrected chi connectivity index (χ4v) is 2.27. The number of esters is 1. The van der Waals surface area contributed by atoms with Crippen molar-refractivity contribution in [1.29, 1.82) is 0 Å². The molecule has 3 atom stereocenters. The Morgan fingerprint density at radius 2 is 2.43 bits per heavy atom. The summed E-state index contributed by atoms with van der Waals surface area (Å²) in [6, 6.07) is 0. The summed E-state index contributed by atoms with van der Waals surface area (Å²) in [6.07, 6.45) is -0.802. The number of halogens is 1. The maximum Gasteiger partial charge on any atom is 0.362 e. The molecule has 0 spiro atoms. The zero-order valence-corrected chi connectivity index (χ0v) is 8.58. The monoisotopic (exact) mass is 226 g/mol. The van der Waals surface area contributed by atoms with E-state index in [1.54, 1.807) is 6.92 Å². The van der Waals surface area contributed by atoms with Gasteiger partial charge in [-0.15, -0.1) is 0 Å². The van der Waals surface area contributed by atoms with Gasteiger partial charge in [-0.2, -0.15) is 0 Å². The summed E-state index contributed by atoms with van der Waals surface area (Å²) >= 11 is 0. The fourth-order valence-electron chi connectivity index (χ4n) is 1.06. The highest BCUT2D eigenvalue weighted by atomic mass is 31.2. The number of rotatable bonds is 3. The van der Waals surface area contributed by atoms with Crippen molar-refractivity contribution >= 4 is 13.6 Å². The van der Waals surface area contributed by atoms with Crippen LogP contribution < -0.4 is 0 Å². The molecule has 5 nitrogen and oxygen atoms in total. The Morgan fingerprint density at radius 1 is 1.79 bits per heavy atom. The first-order valence-corrected chi connectivity index (χ1v) is 5.91. The molecule has 0 amide bonds. The molecule has 1 N–H and O–H groups in total. The van der Waals surface area contributed by atoms with Crippen molar-refractivity contribution in [1.82, 2.24) is 0 Å². The summed E-state index contributed by atoms with van der Waals surface area (Å²) in [5.41, 5.74) is 0. The summed E-state index contributed by atoms with van der Waals surface area (Å²) in [6.45, 7) is 1.45. The molecule has 0 bridgehead atoms. The minimum atomic E-state index is -4.12. The van der Waals surface area contributed by atoms with E-state index in [1.807, 2.05) is 0 Å². The highest BCUT2D eigenvalue weighted by Crippen LogP contribution is 2.56. The second-order valence-electron chi connectivity index (χ2n) is 3.00. The van der Waals surface area contributed by atoms with E-state index in [0.29, 0.717) is 0 Å². The van der Waals surface area contributed by atoms with Gasteiger partial charge in [-0.1, -0.05) is 6.92 Å². The van der Waals surface area contributed by atoms with Gasteiger partial charge >= 0.3 is 13.6 Å². The highest BCUT2D eigenvalue weighted by molar-refractivity contribution is 7.53. The van der Waals surface area contributed by atoms with Crippen molar-refractivity contribution in [2.24, 2.45) is 0 Å². The van der Waals surface area contributed by atoms with Gasteiger partial charge in [-0.3, -0.25) is 13.9 Å². The molecule has 0 aliphatic carbocycles. The molecule has 0 radical (unpaired) electrons. The number of hydrogen-bond acceptors (Lipinski definition) is 4. The number of alkyl halides is 1. The third kappa shape index (κ3) is 2.77. The van der Waals surface area contributed by atoms with Crippen LogP contribution in [0.3, 0.4) is 0 Å². The molecule has 1 saturated heterocycles. The van der Waals surface area contributed by atoms with Gasteiger partial charge in [0.15, 0.2) is 0 Å². The first kappa shape index (κ1) is 11.6. The summed E-state index contributed by atoms with van der Waals surface area (Å²) in [7, 11) is -4.12. The summed E-state index contributed by atoms with van der Waals surface area (Å²) in [5, 5.41) is 0. The van der Waals surface area contributed by atoms with Crippen molar-refractivity contribution in [3.8, 4) is 0 Å². The van der Waals surface area contributed by atoms with Crippen LogP contribution >= 0.6 is 7.60 Å². The lowest BCUT2D eigenvalue weighted by molar-refractivity contribution is -0.145. The Labute approximate surface area is 80.7 Å². The Hall–Kier alpha value is -0.450. The van der Waals surface area contributed by atoms with Crippen molar-refractivity contribution < 1.29 is 27.9 Å². The van der Waals surface area contributed by atoms with E-state index in [-0.39, 0.29) is 19.4 Å². The number of carbonyl (C=O) groups excluding carboxylic acids is 1. The van der Waals surface area contributed by atoms with Crippen LogP contribution in [0.1, 0.15) is 19.8 Å². The third-order valence-electron chi connectivity index (χ3n) is 1.83. The molecule has 0 aromatic heterocycles. The van der Waals surface area contributed by atoms with Crippen molar-refractivity contribution in [2.45, 2.75) is 31.8 Å². The molecule has 1 heterocycles. The van der Waals surface area contributed by atoms with Gasteiger partial charge in [-0.25, -0.2) is 4.39 Å². The van der Waals surface area contributed by atoms with Crippen molar-refractivity contribution in [2.75, 3.05) is 6.61 Å². The van der Waals surface area contributed by atoms with Crippen molar-refractivity contribution in [3.63, 3.8) is 0 Å². The van der Waals surface area contributed by atoms with Crippen LogP contribution in [-0.2, 0) is 18.6 Å². The SMILES string of the molecule is CCC(=O)OC[C@@H]1CC(F)P(=O)(O)O1. The molecule has 1 aliphatic heterocycles. The molecule has 82 valence electrons. The predicted molar refractivity (Wildman–Crippen MR) is 45.5 cm³/mol. The first-order chi connectivity index (χ1) is 6.45. The molecule has 14 heavy (non-hydrogen) atoms. The van der Waals surface area contributed by atoms with Crippen LogP contribution in [0.25, 0.3) is 0 Å². The molecule has 7 heteroatoms. The van der Waals surface area contributed by atoms with Crippen LogP contribution in [0.15, 0.2) is 0 Å². The zero-order valence-electron chi connectivity index (χ0n) is 7.68. The summed E-state index contributed by atoms with van der Waals surface area (Å²) < 4.78 is 32.8. The van der Waals surface area contributed by atoms with Gasteiger partial charge in [0.1, 0.15) is 12.7 Å². The molecule has 1 rings (SSSR count). The first-order valence-electron chi connectivity index (χ1n) is 4.26. The second-order valence-corrected chi connectivity index (χ2v) is 4.90. The Bertz CT molecular complexity index is 269. The van der Waals surface area contributed by atoms with E-state index in [1.165, 1.54) is 0 Å². The van der Waals surface area contributed by atoms with E-state index in [4.69, 9.17) is 4.89 Å². The van der Waals surface area contributed by atoms with E-state index < -0.39 is 25.6 Å². The van der Waals surface area contributed by atoms with Crippen LogP contribution in [0.2, 0.25) is 0 Å². The maximum absolute atomic E-state index is 12.8. The summed E-state index contributed by atoms with van der Waals surface area (Å²) in [5.74, 6) is -2.31. The molecule has 2 unspecified atom stereocenters. The lowest BCUT2D eigenvalue weighted by Crippen LogP contribution is -2.17. The lowest BCUT2D eigenvalue weighted by atomic mass is 10.3. The van der Waals surface area contributed by atoms with E-state index in [9.17, 15) is 13.8 Å². The lowest BCUT2D eigenvalue weighted by Gasteiger charge is -2.09. The van der Waals surface area contributed by atoms with Gasteiger partial charge in [-0.05, 0) is 0 Å². The van der Waals surface area contributed by atoms with E-state index >= 15 is 0 Å². The zero-order chi connectivity index (χ0) is 10.8. The molecule has 0 saturated carbocycles.